The third kappa shape index (κ3) is 3.25. The molecule has 0 aliphatic rings. The zero-order valence-corrected chi connectivity index (χ0v) is 12.5. The van der Waals surface area contributed by atoms with Crippen LogP contribution in [0.1, 0.15) is 28.3 Å². The summed E-state index contributed by atoms with van der Waals surface area (Å²) in [7, 11) is 0. The van der Waals surface area contributed by atoms with Gasteiger partial charge in [-0.05, 0) is 38.2 Å². The van der Waals surface area contributed by atoms with Crippen LogP contribution < -0.4 is 5.73 Å². The Morgan fingerprint density at radius 1 is 1.20 bits per heavy atom. The van der Waals surface area contributed by atoms with Gasteiger partial charge in [-0.25, -0.2) is 19.3 Å². The quantitative estimate of drug-likeness (QED) is 0.878. The molecule has 0 aliphatic carbocycles. The van der Waals surface area contributed by atoms with Crippen molar-refractivity contribution in [3.05, 3.63) is 47.1 Å². The van der Waals surface area contributed by atoms with Gasteiger partial charge in [-0.3, -0.25) is 0 Å². The van der Waals surface area contributed by atoms with Crippen LogP contribution in [0.3, 0.4) is 0 Å². The number of nitrogens with two attached hydrogens (primary N) is 1. The van der Waals surface area contributed by atoms with Crippen LogP contribution in [-0.4, -0.2) is 21.2 Å². The first-order valence-electron chi connectivity index (χ1n) is 6.26. The van der Waals surface area contributed by atoms with Crippen LogP contribution in [0.5, 0.6) is 0 Å². The van der Waals surface area contributed by atoms with Crippen molar-refractivity contribution in [2.45, 2.75) is 25.5 Å². The van der Waals surface area contributed by atoms with Crippen LogP contribution in [0.2, 0.25) is 0 Å². The number of halogens is 1. The number of anilines is 1. The van der Waals surface area contributed by atoms with Crippen molar-refractivity contribution in [1.82, 2.24) is 15.0 Å². The molecule has 2 rings (SSSR count). The predicted molar refractivity (Wildman–Crippen MR) is 80.1 cm³/mol. The summed E-state index contributed by atoms with van der Waals surface area (Å²) >= 11 is 1.62. The van der Waals surface area contributed by atoms with Gasteiger partial charge in [0.2, 0.25) is 0 Å². The fourth-order valence-electron chi connectivity index (χ4n) is 2.02. The molecule has 20 heavy (non-hydrogen) atoms. The van der Waals surface area contributed by atoms with Crippen molar-refractivity contribution in [2.24, 2.45) is 0 Å². The zero-order valence-electron chi connectivity index (χ0n) is 11.7. The van der Waals surface area contributed by atoms with E-state index in [9.17, 15) is 4.39 Å². The van der Waals surface area contributed by atoms with Crippen LogP contribution in [-0.2, 0) is 6.42 Å². The number of hydrogen-bond acceptors (Lipinski definition) is 5. The molecule has 0 radical (unpaired) electrons. The van der Waals surface area contributed by atoms with E-state index in [1.807, 2.05) is 26.2 Å². The molecule has 1 heterocycles. The second-order valence-corrected chi connectivity index (χ2v) is 5.57. The molecule has 0 aliphatic heterocycles. The molecule has 6 heteroatoms. The highest BCUT2D eigenvalue weighted by atomic mass is 32.2. The van der Waals surface area contributed by atoms with E-state index in [0.717, 1.165) is 5.56 Å². The molecule has 0 saturated heterocycles. The van der Waals surface area contributed by atoms with Crippen molar-refractivity contribution in [3.8, 4) is 0 Å². The van der Waals surface area contributed by atoms with Crippen LogP contribution in [0, 0.1) is 19.7 Å². The van der Waals surface area contributed by atoms with Gasteiger partial charge in [0.1, 0.15) is 23.3 Å². The lowest BCUT2D eigenvalue weighted by Gasteiger charge is -2.15. The van der Waals surface area contributed by atoms with Gasteiger partial charge in [0.15, 0.2) is 0 Å². The fourth-order valence-corrected chi connectivity index (χ4v) is 2.69. The normalized spacial score (nSPS) is 12.4. The summed E-state index contributed by atoms with van der Waals surface area (Å²) in [5.74, 6) is 1.72. The van der Waals surface area contributed by atoms with Crippen molar-refractivity contribution < 1.29 is 4.39 Å². The molecular formula is C14H17FN4S. The molecule has 1 aromatic carbocycles. The summed E-state index contributed by atoms with van der Waals surface area (Å²) in [6, 6.07) is 4.87. The van der Waals surface area contributed by atoms with Gasteiger partial charge in [0.05, 0.1) is 10.9 Å². The van der Waals surface area contributed by atoms with Gasteiger partial charge in [0, 0.05) is 0 Å². The molecule has 4 nitrogen and oxygen atoms in total. The maximum absolute atomic E-state index is 13.5. The van der Waals surface area contributed by atoms with Gasteiger partial charge in [-0.15, -0.1) is 0 Å². The average molecular weight is 292 g/mol. The molecular weight excluding hydrogens is 275 g/mol. The Hall–Kier alpha value is -1.69. The van der Waals surface area contributed by atoms with Crippen molar-refractivity contribution >= 4 is 17.4 Å². The molecule has 2 aromatic rings. The Labute approximate surface area is 122 Å². The summed E-state index contributed by atoms with van der Waals surface area (Å²) in [6.07, 6.45) is 2.57. The number of thioether (sulfide) groups is 1. The molecule has 1 aromatic heterocycles. The smallest absolute Gasteiger partial charge is 0.146 e. The molecule has 0 amide bonds. The largest absolute Gasteiger partial charge is 0.396 e. The highest BCUT2D eigenvalue weighted by molar-refractivity contribution is 7.98. The van der Waals surface area contributed by atoms with E-state index >= 15 is 0 Å². The lowest BCUT2D eigenvalue weighted by Crippen LogP contribution is -2.10. The summed E-state index contributed by atoms with van der Waals surface area (Å²) in [4.78, 5) is 12.9. The van der Waals surface area contributed by atoms with E-state index in [-0.39, 0.29) is 16.8 Å². The molecule has 106 valence electrons. The molecule has 1 unspecified atom stereocenters. The second-order valence-electron chi connectivity index (χ2n) is 4.53. The number of nitrogen functional groups attached to an aromatic ring is 1. The number of para-hydroxylation sites is 1. The Balaban J connectivity index is 2.31. The Kier molecular flexibility index (Phi) is 4.54. The number of hydrogen-bond donors (Lipinski definition) is 1. The van der Waals surface area contributed by atoms with Crippen molar-refractivity contribution in [2.75, 3.05) is 12.0 Å². The first-order valence-corrected chi connectivity index (χ1v) is 7.55. The topological polar surface area (TPSA) is 64.7 Å². The molecule has 2 N–H and O–H groups in total. The number of aromatic nitrogens is 3. The SMILES string of the molecule is CSC(Cc1cccc(F)c1N)c1nc(C)nc(C)n1. The molecule has 0 fully saturated rings. The van der Waals surface area contributed by atoms with E-state index in [4.69, 9.17) is 5.73 Å². The second kappa shape index (κ2) is 6.17. The Bertz CT molecular complexity index is 598. The summed E-state index contributed by atoms with van der Waals surface area (Å²) < 4.78 is 13.5. The van der Waals surface area contributed by atoms with Crippen LogP contribution in [0.4, 0.5) is 10.1 Å². The zero-order chi connectivity index (χ0) is 14.7. The minimum atomic E-state index is -0.384. The van der Waals surface area contributed by atoms with Gasteiger partial charge in [0.25, 0.3) is 0 Å². The number of aryl methyl sites for hydroxylation is 2. The summed E-state index contributed by atoms with van der Waals surface area (Å²) in [6.45, 7) is 3.68. The Morgan fingerprint density at radius 2 is 1.85 bits per heavy atom. The Morgan fingerprint density at radius 3 is 2.45 bits per heavy atom. The van der Waals surface area contributed by atoms with Crippen LogP contribution >= 0.6 is 11.8 Å². The van der Waals surface area contributed by atoms with Gasteiger partial charge < -0.3 is 5.73 Å². The molecule has 0 spiro atoms. The highest BCUT2D eigenvalue weighted by Gasteiger charge is 2.17. The van der Waals surface area contributed by atoms with Crippen molar-refractivity contribution in [1.29, 1.82) is 0 Å². The predicted octanol–water partition coefficient (Wildman–Crippen LogP) is 2.86. The maximum Gasteiger partial charge on any atom is 0.146 e. The lowest BCUT2D eigenvalue weighted by molar-refractivity contribution is 0.629. The number of benzene rings is 1. The van der Waals surface area contributed by atoms with E-state index in [1.165, 1.54) is 6.07 Å². The first kappa shape index (κ1) is 14.7. The average Bonchev–Trinajstić information content (AvgIpc) is 2.39. The van der Waals surface area contributed by atoms with Gasteiger partial charge >= 0.3 is 0 Å². The monoisotopic (exact) mass is 292 g/mol. The molecule has 0 saturated carbocycles. The highest BCUT2D eigenvalue weighted by Crippen LogP contribution is 2.30. The molecule has 0 bridgehead atoms. The minimum Gasteiger partial charge on any atom is -0.396 e. The van der Waals surface area contributed by atoms with Crippen molar-refractivity contribution in [3.63, 3.8) is 0 Å². The van der Waals surface area contributed by atoms with E-state index in [0.29, 0.717) is 23.9 Å². The van der Waals surface area contributed by atoms with E-state index in [2.05, 4.69) is 15.0 Å². The summed E-state index contributed by atoms with van der Waals surface area (Å²) in [5.41, 5.74) is 6.77. The third-order valence-corrected chi connectivity index (χ3v) is 3.94. The van der Waals surface area contributed by atoms with Crippen LogP contribution in [0.15, 0.2) is 18.2 Å². The lowest BCUT2D eigenvalue weighted by atomic mass is 10.1. The van der Waals surface area contributed by atoms with Gasteiger partial charge in [-0.2, -0.15) is 11.8 Å². The first-order chi connectivity index (χ1) is 9.51. The number of rotatable bonds is 4. The van der Waals surface area contributed by atoms with Crippen LogP contribution in [0.25, 0.3) is 0 Å². The standard InChI is InChI=1S/C14H17FN4S/c1-8-17-9(2)19-14(18-8)12(20-3)7-10-5-4-6-11(15)13(10)16/h4-6,12H,7,16H2,1-3H3. The third-order valence-electron chi connectivity index (χ3n) is 3.00. The molecule has 1 atom stereocenters. The van der Waals surface area contributed by atoms with E-state index < -0.39 is 0 Å². The fraction of sp³-hybridized carbons (Fsp3) is 0.357. The maximum atomic E-state index is 13.5. The summed E-state index contributed by atoms with van der Waals surface area (Å²) in [5, 5.41) is 0.0273. The number of nitrogens with zero attached hydrogens (tertiary/aromatic N) is 3. The van der Waals surface area contributed by atoms with E-state index in [1.54, 1.807) is 17.8 Å². The minimum absolute atomic E-state index is 0.0273. The van der Waals surface area contributed by atoms with Gasteiger partial charge in [-0.1, -0.05) is 12.1 Å².